The quantitative estimate of drug-likeness (QED) is 0.288. The number of aryl methyl sites for hydroxylation is 1. The van der Waals surface area contributed by atoms with Crippen molar-refractivity contribution in [2.45, 2.75) is 20.5 Å². The number of ether oxygens (including phenoxy) is 2. The molecule has 0 bridgehead atoms. The zero-order valence-electron chi connectivity index (χ0n) is 17.3. The van der Waals surface area contributed by atoms with E-state index in [4.69, 9.17) is 32.7 Å². The minimum Gasteiger partial charge on any atom is -0.487 e. The molecule has 0 fully saturated rings. The molecule has 2 heterocycles. The average molecular weight is 488 g/mol. The maximum Gasteiger partial charge on any atom is 0.348 e. The van der Waals surface area contributed by atoms with Gasteiger partial charge >= 0.3 is 5.97 Å². The van der Waals surface area contributed by atoms with Gasteiger partial charge in [-0.3, -0.25) is 0 Å². The fraction of sp³-hybridized carbons (Fsp3) is 0.174. The van der Waals surface area contributed by atoms with Crippen molar-refractivity contribution in [3.63, 3.8) is 0 Å². The van der Waals surface area contributed by atoms with Crippen molar-refractivity contribution in [3.05, 3.63) is 74.8 Å². The first-order valence-corrected chi connectivity index (χ1v) is 11.4. The van der Waals surface area contributed by atoms with Gasteiger partial charge in [-0.15, -0.1) is 11.3 Å². The first-order chi connectivity index (χ1) is 15.5. The summed E-state index contributed by atoms with van der Waals surface area (Å²) in [6.07, 6.45) is 1.46. The summed E-state index contributed by atoms with van der Waals surface area (Å²) in [5.74, 6) is 0.797. The first-order valence-electron chi connectivity index (χ1n) is 9.81. The van der Waals surface area contributed by atoms with Crippen molar-refractivity contribution < 1.29 is 14.3 Å². The number of halogens is 2. The highest BCUT2D eigenvalue weighted by atomic mass is 35.5. The lowest BCUT2D eigenvalue weighted by Gasteiger charge is -2.11. The zero-order valence-corrected chi connectivity index (χ0v) is 19.6. The SMILES string of the molecule is CCOC(=O)c1sc2ncnc(Nc3ccc(OCc4ccc(Cl)cc4)c(Cl)c3)c2c1C. The van der Waals surface area contributed by atoms with Crippen LogP contribution in [-0.2, 0) is 11.3 Å². The number of nitrogens with one attached hydrogen (secondary N) is 1. The molecule has 0 saturated heterocycles. The predicted molar refractivity (Wildman–Crippen MR) is 129 cm³/mol. The van der Waals surface area contributed by atoms with E-state index in [0.29, 0.717) is 44.5 Å². The van der Waals surface area contributed by atoms with Crippen LogP contribution >= 0.6 is 34.5 Å². The number of benzene rings is 2. The highest BCUT2D eigenvalue weighted by Gasteiger charge is 2.20. The van der Waals surface area contributed by atoms with E-state index in [-0.39, 0.29) is 5.97 Å². The van der Waals surface area contributed by atoms with Crippen LogP contribution in [0, 0.1) is 6.92 Å². The van der Waals surface area contributed by atoms with Gasteiger partial charge in [-0.1, -0.05) is 35.3 Å². The number of aromatic nitrogens is 2. The Labute approximate surface area is 199 Å². The number of rotatable bonds is 7. The number of hydrogen-bond acceptors (Lipinski definition) is 7. The topological polar surface area (TPSA) is 73.3 Å². The molecule has 4 aromatic rings. The summed E-state index contributed by atoms with van der Waals surface area (Å²) in [5.41, 5.74) is 2.50. The smallest absolute Gasteiger partial charge is 0.348 e. The van der Waals surface area contributed by atoms with Crippen LogP contribution < -0.4 is 10.1 Å². The average Bonchev–Trinajstić information content (AvgIpc) is 3.12. The van der Waals surface area contributed by atoms with Crippen molar-refractivity contribution in [1.82, 2.24) is 9.97 Å². The maximum atomic E-state index is 12.2. The molecule has 0 amide bonds. The third kappa shape index (κ3) is 4.80. The second kappa shape index (κ2) is 9.73. The molecule has 0 atom stereocenters. The fourth-order valence-corrected chi connectivity index (χ4v) is 4.54. The fourth-order valence-electron chi connectivity index (χ4n) is 3.13. The zero-order chi connectivity index (χ0) is 22.7. The Kier molecular flexibility index (Phi) is 6.79. The molecule has 2 aromatic carbocycles. The van der Waals surface area contributed by atoms with Gasteiger partial charge in [0.05, 0.1) is 17.0 Å². The van der Waals surface area contributed by atoms with E-state index < -0.39 is 0 Å². The summed E-state index contributed by atoms with van der Waals surface area (Å²) in [4.78, 5) is 22.1. The molecule has 2 aromatic heterocycles. The van der Waals surface area contributed by atoms with Crippen LogP contribution in [0.5, 0.6) is 5.75 Å². The second-order valence-electron chi connectivity index (χ2n) is 6.86. The first kappa shape index (κ1) is 22.3. The summed E-state index contributed by atoms with van der Waals surface area (Å²) in [7, 11) is 0. The van der Waals surface area contributed by atoms with Gasteiger partial charge in [-0.25, -0.2) is 14.8 Å². The van der Waals surface area contributed by atoms with Gasteiger partial charge < -0.3 is 14.8 Å². The molecule has 0 spiro atoms. The largest absolute Gasteiger partial charge is 0.487 e. The Hall–Kier alpha value is -2.87. The summed E-state index contributed by atoms with van der Waals surface area (Å²) in [6, 6.07) is 12.9. The third-order valence-electron chi connectivity index (χ3n) is 4.69. The molecule has 0 aliphatic carbocycles. The summed E-state index contributed by atoms with van der Waals surface area (Å²) >= 11 is 13.6. The van der Waals surface area contributed by atoms with E-state index in [9.17, 15) is 4.79 Å². The molecule has 0 saturated carbocycles. The Morgan fingerprint density at radius 1 is 1.12 bits per heavy atom. The lowest BCUT2D eigenvalue weighted by atomic mass is 10.2. The van der Waals surface area contributed by atoms with Crippen LogP contribution in [0.2, 0.25) is 10.0 Å². The predicted octanol–water partition coefficient (Wildman–Crippen LogP) is 6.81. The number of esters is 1. The summed E-state index contributed by atoms with van der Waals surface area (Å²) < 4.78 is 11.0. The Bertz CT molecular complexity index is 1280. The van der Waals surface area contributed by atoms with Gasteiger partial charge in [0, 0.05) is 10.7 Å². The van der Waals surface area contributed by atoms with Crippen LogP contribution in [0.3, 0.4) is 0 Å². The van der Waals surface area contributed by atoms with Crippen molar-refractivity contribution >= 4 is 62.2 Å². The van der Waals surface area contributed by atoms with E-state index in [1.165, 1.54) is 17.7 Å². The molecule has 4 rings (SSSR count). The number of fused-ring (bicyclic) bond motifs is 1. The molecular weight excluding hydrogens is 469 g/mol. The number of hydrogen-bond donors (Lipinski definition) is 1. The highest BCUT2D eigenvalue weighted by Crippen LogP contribution is 2.36. The number of anilines is 2. The van der Waals surface area contributed by atoms with Gasteiger partial charge in [0.1, 0.15) is 34.2 Å². The Morgan fingerprint density at radius 2 is 1.91 bits per heavy atom. The second-order valence-corrected chi connectivity index (χ2v) is 8.71. The Morgan fingerprint density at radius 3 is 2.62 bits per heavy atom. The van der Waals surface area contributed by atoms with Crippen LogP contribution in [0.1, 0.15) is 27.7 Å². The van der Waals surface area contributed by atoms with Crippen LogP contribution in [0.15, 0.2) is 48.8 Å². The molecule has 164 valence electrons. The van der Waals surface area contributed by atoms with E-state index in [0.717, 1.165) is 22.2 Å². The molecule has 0 aliphatic heterocycles. The molecule has 0 aliphatic rings. The van der Waals surface area contributed by atoms with Gasteiger partial charge in [0.15, 0.2) is 0 Å². The lowest BCUT2D eigenvalue weighted by molar-refractivity contribution is 0.0531. The Balaban J connectivity index is 1.54. The van der Waals surface area contributed by atoms with Crippen LogP contribution in [0.4, 0.5) is 11.5 Å². The lowest BCUT2D eigenvalue weighted by Crippen LogP contribution is -2.03. The van der Waals surface area contributed by atoms with Crippen LogP contribution in [0.25, 0.3) is 10.2 Å². The standard InChI is InChI=1S/C23H19Cl2N3O3S/c1-3-30-23(29)20-13(2)19-21(26-12-27-22(19)32-20)28-16-8-9-18(17(25)10-16)31-11-14-4-6-15(24)7-5-14/h4-10,12H,3,11H2,1-2H3,(H,26,27,28). The van der Waals surface area contributed by atoms with E-state index >= 15 is 0 Å². The van der Waals surface area contributed by atoms with E-state index in [1.807, 2.05) is 37.3 Å². The summed E-state index contributed by atoms with van der Waals surface area (Å²) in [6.45, 7) is 4.33. The number of thiophene rings is 1. The highest BCUT2D eigenvalue weighted by molar-refractivity contribution is 7.20. The molecule has 6 nitrogen and oxygen atoms in total. The molecule has 1 N–H and O–H groups in total. The van der Waals surface area contributed by atoms with Gasteiger partial charge in [0.2, 0.25) is 0 Å². The molecule has 0 unspecified atom stereocenters. The van der Waals surface area contributed by atoms with E-state index in [2.05, 4.69) is 15.3 Å². The van der Waals surface area contributed by atoms with Crippen molar-refractivity contribution in [2.24, 2.45) is 0 Å². The van der Waals surface area contributed by atoms with Gasteiger partial charge in [-0.05, 0) is 55.3 Å². The summed E-state index contributed by atoms with van der Waals surface area (Å²) in [5, 5.41) is 5.19. The minimum absolute atomic E-state index is 0.314. The molecule has 32 heavy (non-hydrogen) atoms. The van der Waals surface area contributed by atoms with Crippen LogP contribution in [-0.4, -0.2) is 22.5 Å². The molecule has 9 heteroatoms. The van der Waals surface area contributed by atoms with Crippen molar-refractivity contribution in [2.75, 3.05) is 11.9 Å². The number of carbonyl (C=O) groups excluding carboxylic acids is 1. The van der Waals surface area contributed by atoms with Crippen molar-refractivity contribution in [3.8, 4) is 5.75 Å². The monoisotopic (exact) mass is 487 g/mol. The maximum absolute atomic E-state index is 12.2. The molecular formula is C23H19Cl2N3O3S. The number of nitrogens with zero attached hydrogens (tertiary/aromatic N) is 2. The normalized spacial score (nSPS) is 10.9. The minimum atomic E-state index is -0.357. The van der Waals surface area contributed by atoms with Crippen molar-refractivity contribution in [1.29, 1.82) is 0 Å². The molecule has 0 radical (unpaired) electrons. The van der Waals surface area contributed by atoms with Gasteiger partial charge in [-0.2, -0.15) is 0 Å². The number of carbonyl (C=O) groups is 1. The third-order valence-corrected chi connectivity index (χ3v) is 6.42. The van der Waals surface area contributed by atoms with Gasteiger partial charge in [0.25, 0.3) is 0 Å². The van der Waals surface area contributed by atoms with E-state index in [1.54, 1.807) is 19.1 Å².